The van der Waals surface area contributed by atoms with Crippen molar-refractivity contribution in [2.24, 2.45) is 0 Å². The van der Waals surface area contributed by atoms with Crippen molar-refractivity contribution >= 4 is 5.97 Å². The molecule has 3 heteroatoms. The summed E-state index contributed by atoms with van der Waals surface area (Å²) in [5, 5.41) is 0. The molecular formula is C25H34O3. The maximum absolute atomic E-state index is 11.5. The Morgan fingerprint density at radius 3 is 1.96 bits per heavy atom. The van der Waals surface area contributed by atoms with Gasteiger partial charge in [0.15, 0.2) is 0 Å². The number of carbonyl (C=O) groups excluding carboxylic acids is 1. The highest BCUT2D eigenvalue weighted by Gasteiger charge is 2.26. The van der Waals surface area contributed by atoms with Crippen molar-refractivity contribution < 1.29 is 14.3 Å². The van der Waals surface area contributed by atoms with Crippen LogP contribution in [0.2, 0.25) is 0 Å². The maximum Gasteiger partial charge on any atom is 0.308 e. The Bertz CT molecular complexity index is 834. The summed E-state index contributed by atoms with van der Waals surface area (Å²) in [5.41, 5.74) is 4.56. The lowest BCUT2D eigenvalue weighted by Crippen LogP contribution is -2.20. The molecule has 152 valence electrons. The standard InChI is InChI=1S/C25H34O3/c1-9-17(4)22-15-20(11-13-24(22)28-18(5)26)25(6,7)19-10-12-23(27-8)21(14-19)16(2)3/h10-17H,9H2,1-8H3. The van der Waals surface area contributed by atoms with Crippen molar-refractivity contribution in [1.29, 1.82) is 0 Å². The molecule has 0 radical (unpaired) electrons. The average Bonchev–Trinajstić information content (AvgIpc) is 2.66. The molecule has 0 aliphatic rings. The minimum absolute atomic E-state index is 0.188. The lowest BCUT2D eigenvalue weighted by Gasteiger charge is -2.29. The molecule has 0 bridgehead atoms. The Hall–Kier alpha value is -2.29. The van der Waals surface area contributed by atoms with Crippen LogP contribution in [0.3, 0.4) is 0 Å². The summed E-state index contributed by atoms with van der Waals surface area (Å²) in [6.45, 7) is 14.6. The summed E-state index contributed by atoms with van der Waals surface area (Å²) < 4.78 is 11.0. The van der Waals surface area contributed by atoms with E-state index in [-0.39, 0.29) is 11.4 Å². The Morgan fingerprint density at radius 2 is 1.50 bits per heavy atom. The van der Waals surface area contributed by atoms with Crippen molar-refractivity contribution in [3.63, 3.8) is 0 Å². The van der Waals surface area contributed by atoms with E-state index in [4.69, 9.17) is 9.47 Å². The smallest absolute Gasteiger partial charge is 0.308 e. The van der Waals surface area contributed by atoms with E-state index in [1.54, 1.807) is 7.11 Å². The Kier molecular flexibility index (Phi) is 6.92. The van der Waals surface area contributed by atoms with E-state index in [2.05, 4.69) is 71.9 Å². The first-order valence-electron chi connectivity index (χ1n) is 10.1. The molecule has 2 aromatic rings. The van der Waals surface area contributed by atoms with Crippen LogP contribution in [-0.4, -0.2) is 13.1 Å². The second-order valence-corrected chi connectivity index (χ2v) is 8.39. The highest BCUT2D eigenvalue weighted by molar-refractivity contribution is 5.70. The van der Waals surface area contributed by atoms with Crippen molar-refractivity contribution in [3.8, 4) is 11.5 Å². The van der Waals surface area contributed by atoms with Gasteiger partial charge >= 0.3 is 5.97 Å². The average molecular weight is 383 g/mol. The zero-order valence-electron chi connectivity index (χ0n) is 18.6. The van der Waals surface area contributed by atoms with E-state index in [0.29, 0.717) is 17.6 Å². The molecule has 2 rings (SSSR count). The molecule has 0 saturated carbocycles. The van der Waals surface area contributed by atoms with Gasteiger partial charge in [-0.1, -0.05) is 65.8 Å². The van der Waals surface area contributed by atoms with Crippen molar-refractivity contribution in [2.75, 3.05) is 7.11 Å². The van der Waals surface area contributed by atoms with Crippen LogP contribution in [0.1, 0.15) is 89.0 Å². The van der Waals surface area contributed by atoms with Gasteiger partial charge in [0, 0.05) is 12.3 Å². The van der Waals surface area contributed by atoms with Gasteiger partial charge in [0.25, 0.3) is 0 Å². The first-order chi connectivity index (χ1) is 13.1. The van der Waals surface area contributed by atoms with E-state index < -0.39 is 0 Å². The zero-order chi connectivity index (χ0) is 21.1. The van der Waals surface area contributed by atoms with E-state index in [0.717, 1.165) is 17.7 Å². The summed E-state index contributed by atoms with van der Waals surface area (Å²) >= 11 is 0. The summed E-state index contributed by atoms with van der Waals surface area (Å²) in [4.78, 5) is 11.5. The summed E-state index contributed by atoms with van der Waals surface area (Å²) in [6, 6.07) is 12.7. The molecule has 0 aliphatic carbocycles. The lowest BCUT2D eigenvalue weighted by molar-refractivity contribution is -0.131. The number of hydrogen-bond donors (Lipinski definition) is 0. The lowest BCUT2D eigenvalue weighted by atomic mass is 9.76. The fourth-order valence-electron chi connectivity index (χ4n) is 3.53. The molecular weight excluding hydrogens is 348 g/mol. The van der Waals surface area contributed by atoms with Gasteiger partial charge in [0.05, 0.1) is 7.11 Å². The van der Waals surface area contributed by atoms with Gasteiger partial charge in [-0.05, 0) is 52.6 Å². The second-order valence-electron chi connectivity index (χ2n) is 8.39. The van der Waals surface area contributed by atoms with Gasteiger partial charge in [0.1, 0.15) is 11.5 Å². The molecule has 0 aliphatic heterocycles. The number of hydrogen-bond acceptors (Lipinski definition) is 3. The molecule has 0 amide bonds. The van der Waals surface area contributed by atoms with Crippen LogP contribution in [-0.2, 0) is 10.2 Å². The van der Waals surface area contributed by atoms with Crippen molar-refractivity contribution in [1.82, 2.24) is 0 Å². The number of methoxy groups -OCH3 is 1. The first kappa shape index (κ1) is 22.0. The number of benzene rings is 2. The number of ether oxygens (including phenoxy) is 2. The van der Waals surface area contributed by atoms with Crippen molar-refractivity contribution in [2.45, 2.75) is 72.1 Å². The number of esters is 1. The Balaban J connectivity index is 2.56. The number of carbonyl (C=O) groups is 1. The quantitative estimate of drug-likeness (QED) is 0.400. The van der Waals surface area contributed by atoms with Gasteiger partial charge in [-0.25, -0.2) is 0 Å². The van der Waals surface area contributed by atoms with Gasteiger partial charge in [-0.3, -0.25) is 4.79 Å². The van der Waals surface area contributed by atoms with Gasteiger partial charge in [-0.2, -0.15) is 0 Å². The predicted molar refractivity (Wildman–Crippen MR) is 116 cm³/mol. The second kappa shape index (κ2) is 8.81. The Morgan fingerprint density at radius 1 is 0.964 bits per heavy atom. The van der Waals surface area contributed by atoms with E-state index in [1.807, 2.05) is 6.07 Å². The fourth-order valence-corrected chi connectivity index (χ4v) is 3.53. The largest absolute Gasteiger partial charge is 0.496 e. The van der Waals surface area contributed by atoms with Gasteiger partial charge in [0.2, 0.25) is 0 Å². The SMILES string of the molecule is CCC(C)c1cc(C(C)(C)c2ccc(OC)c(C(C)C)c2)ccc1OC(C)=O. The molecule has 0 saturated heterocycles. The summed E-state index contributed by atoms with van der Waals surface area (Å²) in [7, 11) is 1.72. The minimum atomic E-state index is -0.284. The van der Waals surface area contributed by atoms with Gasteiger partial charge < -0.3 is 9.47 Å². The molecule has 3 nitrogen and oxygen atoms in total. The normalized spacial score (nSPS) is 12.8. The van der Waals surface area contributed by atoms with E-state index in [9.17, 15) is 4.79 Å². The van der Waals surface area contributed by atoms with Crippen LogP contribution in [0.4, 0.5) is 0 Å². The third kappa shape index (κ3) is 4.57. The molecule has 0 fully saturated rings. The summed E-state index contributed by atoms with van der Waals surface area (Å²) in [5.74, 6) is 2.01. The molecule has 1 unspecified atom stereocenters. The molecule has 0 spiro atoms. The van der Waals surface area contributed by atoms with Crippen molar-refractivity contribution in [3.05, 3.63) is 58.7 Å². The first-order valence-corrected chi connectivity index (χ1v) is 10.1. The van der Waals surface area contributed by atoms with Crippen LogP contribution in [0, 0.1) is 0 Å². The van der Waals surface area contributed by atoms with Crippen LogP contribution in [0.5, 0.6) is 11.5 Å². The third-order valence-corrected chi connectivity index (χ3v) is 5.70. The summed E-state index contributed by atoms with van der Waals surface area (Å²) in [6.07, 6.45) is 0.984. The van der Waals surface area contributed by atoms with Crippen LogP contribution >= 0.6 is 0 Å². The molecule has 0 aromatic heterocycles. The molecule has 0 heterocycles. The highest BCUT2D eigenvalue weighted by atomic mass is 16.5. The van der Waals surface area contributed by atoms with Gasteiger partial charge in [-0.15, -0.1) is 0 Å². The molecule has 0 N–H and O–H groups in total. The molecule has 2 aromatic carbocycles. The third-order valence-electron chi connectivity index (χ3n) is 5.70. The van der Waals surface area contributed by atoms with Crippen LogP contribution in [0.25, 0.3) is 0 Å². The minimum Gasteiger partial charge on any atom is -0.496 e. The topological polar surface area (TPSA) is 35.5 Å². The molecule has 1 atom stereocenters. The number of rotatable bonds is 7. The van der Waals surface area contributed by atoms with Crippen LogP contribution < -0.4 is 9.47 Å². The van der Waals surface area contributed by atoms with E-state index in [1.165, 1.54) is 23.6 Å². The van der Waals surface area contributed by atoms with E-state index >= 15 is 0 Å². The highest BCUT2D eigenvalue weighted by Crippen LogP contribution is 2.39. The monoisotopic (exact) mass is 382 g/mol. The Labute approximate surface area is 170 Å². The fraction of sp³-hybridized carbons (Fsp3) is 0.480. The molecule has 28 heavy (non-hydrogen) atoms. The van der Waals surface area contributed by atoms with Crippen LogP contribution in [0.15, 0.2) is 36.4 Å². The predicted octanol–water partition coefficient (Wildman–Crippen LogP) is 6.58. The zero-order valence-corrected chi connectivity index (χ0v) is 18.6. The maximum atomic E-state index is 11.5.